The lowest BCUT2D eigenvalue weighted by Crippen LogP contribution is -2.10. The molecule has 0 aliphatic rings. The van der Waals surface area contributed by atoms with Crippen LogP contribution < -0.4 is 10.5 Å². The Bertz CT molecular complexity index is 529. The van der Waals surface area contributed by atoms with E-state index < -0.39 is 0 Å². The second kappa shape index (κ2) is 4.04. The lowest BCUT2D eigenvalue weighted by molar-refractivity contribution is 0.331. The maximum absolute atomic E-state index is 5.52. The van der Waals surface area contributed by atoms with Crippen LogP contribution in [0.2, 0.25) is 0 Å². The number of fused-ring (bicyclic) bond motifs is 1. The molecule has 0 bridgehead atoms. The van der Waals surface area contributed by atoms with Crippen LogP contribution in [0.3, 0.4) is 0 Å². The fourth-order valence-corrected chi connectivity index (χ4v) is 1.71. The number of para-hydroxylation sites is 1. The maximum atomic E-state index is 5.52. The minimum atomic E-state index is 0.504. The van der Waals surface area contributed by atoms with Crippen molar-refractivity contribution in [1.29, 1.82) is 0 Å². The van der Waals surface area contributed by atoms with Crippen LogP contribution in [0, 0.1) is 4.77 Å². The van der Waals surface area contributed by atoms with Crippen molar-refractivity contribution in [3.05, 3.63) is 23.0 Å². The van der Waals surface area contributed by atoms with Gasteiger partial charge < -0.3 is 20.0 Å². The Balaban J connectivity index is 2.56. The second-order valence-electron chi connectivity index (χ2n) is 3.28. The molecule has 0 aliphatic heterocycles. The minimum Gasteiger partial charge on any atom is -0.490 e. The summed E-state index contributed by atoms with van der Waals surface area (Å²) in [6, 6.07) is 5.84. The third-order valence-electron chi connectivity index (χ3n) is 2.28. The Morgan fingerprint density at radius 2 is 2.33 bits per heavy atom. The molecule has 0 spiro atoms. The Labute approximate surface area is 92.7 Å². The van der Waals surface area contributed by atoms with E-state index in [1.807, 2.05) is 29.8 Å². The molecule has 3 N–H and O–H groups in total. The third kappa shape index (κ3) is 1.75. The molecule has 0 atom stereocenters. The van der Waals surface area contributed by atoms with Gasteiger partial charge in [0.1, 0.15) is 17.9 Å². The van der Waals surface area contributed by atoms with Crippen molar-refractivity contribution in [3.8, 4) is 5.75 Å². The van der Waals surface area contributed by atoms with E-state index in [1.165, 1.54) is 0 Å². The van der Waals surface area contributed by atoms with E-state index in [1.54, 1.807) is 0 Å². The molecule has 1 heterocycles. The standard InChI is InChI=1S/C10H13N3OS/c1-13-7-3-2-4-8(14-6-5-11)9(7)12-10(13)15/h2-4H,5-6,11H2,1H3,(H,12,15). The molecule has 0 saturated heterocycles. The number of rotatable bonds is 3. The van der Waals surface area contributed by atoms with Crippen LogP contribution >= 0.6 is 12.2 Å². The molecule has 0 amide bonds. The number of H-pyrrole nitrogens is 1. The number of nitrogens with zero attached hydrogens (tertiary/aromatic N) is 1. The van der Waals surface area contributed by atoms with Crippen LogP contribution in [0.5, 0.6) is 5.75 Å². The molecular weight excluding hydrogens is 210 g/mol. The van der Waals surface area contributed by atoms with Crippen molar-refractivity contribution >= 4 is 23.3 Å². The van der Waals surface area contributed by atoms with Crippen LogP contribution in [-0.4, -0.2) is 22.7 Å². The number of aromatic amines is 1. The first-order valence-electron chi connectivity index (χ1n) is 4.74. The largest absolute Gasteiger partial charge is 0.490 e. The monoisotopic (exact) mass is 223 g/mol. The van der Waals surface area contributed by atoms with Gasteiger partial charge in [-0.05, 0) is 24.4 Å². The minimum absolute atomic E-state index is 0.504. The fraction of sp³-hybridized carbons (Fsp3) is 0.300. The lowest BCUT2D eigenvalue weighted by atomic mass is 10.3. The first-order valence-corrected chi connectivity index (χ1v) is 5.15. The summed E-state index contributed by atoms with van der Waals surface area (Å²) >= 11 is 5.15. The van der Waals surface area contributed by atoms with Crippen LogP contribution in [0.4, 0.5) is 0 Å². The van der Waals surface area contributed by atoms with Gasteiger partial charge in [0.25, 0.3) is 0 Å². The van der Waals surface area contributed by atoms with Gasteiger partial charge in [-0.3, -0.25) is 0 Å². The van der Waals surface area contributed by atoms with Gasteiger partial charge in [-0.15, -0.1) is 0 Å². The highest BCUT2D eigenvalue weighted by atomic mass is 32.1. The number of imidazole rings is 1. The van der Waals surface area contributed by atoms with Crippen LogP contribution in [0.25, 0.3) is 11.0 Å². The summed E-state index contributed by atoms with van der Waals surface area (Å²) in [6.45, 7) is 1.01. The van der Waals surface area contributed by atoms with Gasteiger partial charge in [0.15, 0.2) is 4.77 Å². The third-order valence-corrected chi connectivity index (χ3v) is 2.65. The predicted octanol–water partition coefficient (Wildman–Crippen LogP) is 1.57. The van der Waals surface area contributed by atoms with Gasteiger partial charge in [-0.1, -0.05) is 6.07 Å². The quantitative estimate of drug-likeness (QED) is 0.777. The molecule has 0 fully saturated rings. The summed E-state index contributed by atoms with van der Waals surface area (Å²) in [5.74, 6) is 0.796. The summed E-state index contributed by atoms with van der Waals surface area (Å²) in [6.07, 6.45) is 0. The zero-order chi connectivity index (χ0) is 10.8. The molecule has 0 radical (unpaired) electrons. The highest BCUT2D eigenvalue weighted by molar-refractivity contribution is 7.71. The average Bonchev–Trinajstić information content (AvgIpc) is 2.53. The molecular formula is C10H13N3OS. The molecule has 15 heavy (non-hydrogen) atoms. The van der Waals surface area contributed by atoms with Crippen LogP contribution in [0.1, 0.15) is 0 Å². The summed E-state index contributed by atoms with van der Waals surface area (Å²) in [4.78, 5) is 3.12. The highest BCUT2D eigenvalue weighted by Crippen LogP contribution is 2.23. The number of hydrogen-bond acceptors (Lipinski definition) is 3. The van der Waals surface area contributed by atoms with E-state index in [9.17, 15) is 0 Å². The molecule has 2 aromatic rings. The zero-order valence-corrected chi connectivity index (χ0v) is 9.30. The van der Waals surface area contributed by atoms with E-state index in [-0.39, 0.29) is 0 Å². The van der Waals surface area contributed by atoms with E-state index in [2.05, 4.69) is 4.98 Å². The first kappa shape index (κ1) is 10.2. The number of benzene rings is 1. The van der Waals surface area contributed by atoms with E-state index in [0.717, 1.165) is 16.8 Å². The van der Waals surface area contributed by atoms with Gasteiger partial charge >= 0.3 is 0 Å². The van der Waals surface area contributed by atoms with E-state index in [4.69, 9.17) is 22.7 Å². The zero-order valence-electron chi connectivity index (χ0n) is 8.49. The molecule has 1 aromatic heterocycles. The number of hydrogen-bond donors (Lipinski definition) is 2. The first-order chi connectivity index (χ1) is 7.24. The smallest absolute Gasteiger partial charge is 0.177 e. The normalized spacial score (nSPS) is 10.8. The number of aryl methyl sites for hydroxylation is 1. The Morgan fingerprint density at radius 3 is 3.07 bits per heavy atom. The lowest BCUT2D eigenvalue weighted by Gasteiger charge is -2.05. The summed E-state index contributed by atoms with van der Waals surface area (Å²) in [5.41, 5.74) is 7.36. The molecule has 2 rings (SSSR count). The van der Waals surface area contributed by atoms with Crippen LogP contribution in [-0.2, 0) is 7.05 Å². The van der Waals surface area contributed by atoms with Crippen molar-refractivity contribution in [1.82, 2.24) is 9.55 Å². The number of nitrogens with two attached hydrogens (primary N) is 1. The molecule has 4 nitrogen and oxygen atoms in total. The van der Waals surface area contributed by atoms with Gasteiger partial charge in [-0.25, -0.2) is 0 Å². The topological polar surface area (TPSA) is 56.0 Å². The van der Waals surface area contributed by atoms with Gasteiger partial charge in [0, 0.05) is 13.6 Å². The molecule has 80 valence electrons. The number of nitrogens with one attached hydrogen (secondary N) is 1. The summed E-state index contributed by atoms with van der Waals surface area (Å²) in [5, 5.41) is 0. The Kier molecular flexibility index (Phi) is 2.75. The van der Waals surface area contributed by atoms with Crippen molar-refractivity contribution in [2.45, 2.75) is 0 Å². The maximum Gasteiger partial charge on any atom is 0.177 e. The predicted molar refractivity (Wildman–Crippen MR) is 62.7 cm³/mol. The molecule has 5 heteroatoms. The van der Waals surface area contributed by atoms with Gasteiger partial charge in [0.2, 0.25) is 0 Å². The number of aromatic nitrogens is 2. The van der Waals surface area contributed by atoms with Crippen molar-refractivity contribution < 1.29 is 4.74 Å². The highest BCUT2D eigenvalue weighted by Gasteiger charge is 2.05. The molecule has 0 unspecified atom stereocenters. The Hall–Kier alpha value is -1.33. The van der Waals surface area contributed by atoms with Crippen molar-refractivity contribution in [2.75, 3.05) is 13.2 Å². The fourth-order valence-electron chi connectivity index (χ4n) is 1.51. The molecule has 0 aliphatic carbocycles. The average molecular weight is 223 g/mol. The van der Waals surface area contributed by atoms with E-state index >= 15 is 0 Å². The second-order valence-corrected chi connectivity index (χ2v) is 3.66. The summed E-state index contributed by atoms with van der Waals surface area (Å²) in [7, 11) is 1.92. The van der Waals surface area contributed by atoms with E-state index in [0.29, 0.717) is 17.9 Å². The molecule has 0 saturated carbocycles. The number of ether oxygens (including phenoxy) is 1. The van der Waals surface area contributed by atoms with Crippen molar-refractivity contribution in [3.63, 3.8) is 0 Å². The SMILES string of the molecule is Cn1c(=S)[nH]c2c(OCCN)cccc21. The summed E-state index contributed by atoms with van der Waals surface area (Å²) < 4.78 is 8.13. The molecule has 1 aromatic carbocycles. The van der Waals surface area contributed by atoms with Crippen molar-refractivity contribution in [2.24, 2.45) is 12.8 Å². The van der Waals surface area contributed by atoms with Gasteiger partial charge in [-0.2, -0.15) is 0 Å². The van der Waals surface area contributed by atoms with Gasteiger partial charge in [0.05, 0.1) is 5.52 Å². The van der Waals surface area contributed by atoms with Crippen LogP contribution in [0.15, 0.2) is 18.2 Å². The Morgan fingerprint density at radius 1 is 1.53 bits per heavy atom.